The SMILES string of the molecule is CCCCCCCCCCCCP(C)(Cc1ccc(CC)cc1)=NC.CCCc1ccc(CP(C)(C)=NC)cc1.CCCc1ccc(CP(C)(C)=NC)cc1.CCCc1ccc(CP(C)(CCCOCCOC)=NC)cc1.CCCc1ccc(CP(C)(Cc2ccccc2)=NC)cc1. The van der Waals surface area contributed by atoms with Gasteiger partial charge in [-0.1, -0.05) is 277 Å². The van der Waals surface area contributed by atoms with Gasteiger partial charge in [-0.15, -0.1) is 0 Å². The Bertz CT molecular complexity index is 3180. The van der Waals surface area contributed by atoms with Gasteiger partial charge in [-0.2, -0.15) is 0 Å². The lowest BCUT2D eigenvalue weighted by Crippen LogP contribution is -2.05. The summed E-state index contributed by atoms with van der Waals surface area (Å²) in [6.45, 7) is 31.9. The lowest BCUT2D eigenvalue weighted by molar-refractivity contribution is 0.0712. The standard InChI is InChI=1S/C23H42NP.C19H26NP.C18H32NO2P.2C13H22NP/c1-5-7-8-9-10-11-12-13-14-15-20-25(4,24-3)21-23-18-16-22(6-2)17-19-23;1-4-8-17-11-13-19(14-12-17)16-21(3,20-2)15-18-9-6-5-7-10-18;1-5-7-17-8-10-18(11-9-17)16-22(4,19-2)15-6-12-21-14-13-20-3;2*1-5-6-12-7-9-13(10-8-12)11-15(3,4)14-2/h16-19H,5-15,20-21H2,1-4H3;5-7,9-14H,4,8,15-16H2,1-3H3;8-11H,5-7,12-16H2,1-4H3;2*7-10H,5-6,11H2,1-4H3. The van der Waals surface area contributed by atoms with E-state index >= 15 is 0 Å². The topological polar surface area (TPSA) is 80.3 Å². The highest BCUT2D eigenvalue weighted by molar-refractivity contribution is 7.65. The molecule has 0 heterocycles. The van der Waals surface area contributed by atoms with Gasteiger partial charge in [0, 0.05) is 85.9 Å². The zero-order valence-electron chi connectivity index (χ0n) is 66.1. The molecular weight excluding hydrogens is 1290 g/mol. The number of methoxy groups -OCH3 is 1. The van der Waals surface area contributed by atoms with Crippen LogP contribution < -0.4 is 0 Å². The quantitative estimate of drug-likeness (QED) is 0.0285. The molecule has 3 unspecified atom stereocenters. The maximum absolute atomic E-state index is 5.56. The molecule has 0 amide bonds. The van der Waals surface area contributed by atoms with Crippen LogP contribution >= 0.6 is 35.3 Å². The van der Waals surface area contributed by atoms with Crippen molar-refractivity contribution in [1.82, 2.24) is 0 Å². The summed E-state index contributed by atoms with van der Waals surface area (Å²) < 4.78 is 33.9. The minimum absolute atomic E-state index is 0.675. The van der Waals surface area contributed by atoms with Crippen LogP contribution in [0.1, 0.15) is 199 Å². The van der Waals surface area contributed by atoms with Crippen molar-refractivity contribution in [2.24, 2.45) is 23.7 Å². The highest BCUT2D eigenvalue weighted by Crippen LogP contribution is 2.53. The predicted molar refractivity (Wildman–Crippen MR) is 453 cm³/mol. The van der Waals surface area contributed by atoms with Crippen molar-refractivity contribution in [2.75, 3.05) is 121 Å². The van der Waals surface area contributed by atoms with Crippen LogP contribution in [0.5, 0.6) is 0 Å². The number of aryl methyl sites for hydroxylation is 5. The van der Waals surface area contributed by atoms with E-state index in [9.17, 15) is 0 Å². The molecule has 98 heavy (non-hydrogen) atoms. The fourth-order valence-corrected chi connectivity index (χ4v) is 21.5. The highest BCUT2D eigenvalue weighted by Gasteiger charge is 2.17. The van der Waals surface area contributed by atoms with Gasteiger partial charge in [-0.25, -0.2) is 0 Å². The Morgan fingerprint density at radius 3 is 0.857 bits per heavy atom. The first-order valence-corrected chi connectivity index (χ1v) is 51.1. The van der Waals surface area contributed by atoms with Crippen LogP contribution in [-0.2, 0) is 78.5 Å². The first-order valence-electron chi connectivity index (χ1n) is 37.8. The molecule has 3 atom stereocenters. The molecule has 6 aromatic rings. The first-order chi connectivity index (χ1) is 47.1. The molecular formula is C86H144N5O2P5. The van der Waals surface area contributed by atoms with E-state index in [0.717, 1.165) is 56.4 Å². The van der Waals surface area contributed by atoms with Gasteiger partial charge in [0.2, 0.25) is 0 Å². The van der Waals surface area contributed by atoms with Crippen LogP contribution in [0.2, 0.25) is 0 Å². The van der Waals surface area contributed by atoms with E-state index in [2.05, 4.69) is 249 Å². The molecule has 0 aliphatic heterocycles. The average molecular weight is 1440 g/mol. The Balaban J connectivity index is 0.000000422. The lowest BCUT2D eigenvalue weighted by atomic mass is 10.1. The molecule has 0 bridgehead atoms. The van der Waals surface area contributed by atoms with Gasteiger partial charge in [0.15, 0.2) is 0 Å². The zero-order valence-corrected chi connectivity index (χ0v) is 70.6. The molecule has 0 aromatic heterocycles. The molecule has 12 heteroatoms. The van der Waals surface area contributed by atoms with Gasteiger partial charge >= 0.3 is 0 Å². The predicted octanol–water partition coefficient (Wildman–Crippen LogP) is 27.0. The maximum atomic E-state index is 5.56. The van der Waals surface area contributed by atoms with E-state index in [1.165, 1.54) is 189 Å². The number of nitrogens with zero attached hydrogens (tertiary/aromatic N) is 5. The van der Waals surface area contributed by atoms with Crippen molar-refractivity contribution in [3.8, 4) is 0 Å². The molecule has 0 aliphatic carbocycles. The molecule has 0 N–H and O–H groups in total. The molecule has 7 nitrogen and oxygen atoms in total. The van der Waals surface area contributed by atoms with E-state index in [4.69, 9.17) is 23.7 Å². The maximum Gasteiger partial charge on any atom is 0.0700 e. The van der Waals surface area contributed by atoms with Gasteiger partial charge in [-0.05, 0) is 200 Å². The number of benzene rings is 6. The van der Waals surface area contributed by atoms with Crippen LogP contribution in [0.15, 0.2) is 175 Å². The lowest BCUT2D eigenvalue weighted by Gasteiger charge is -2.20. The summed E-state index contributed by atoms with van der Waals surface area (Å²) in [6.07, 6.45) is 35.2. The largest absolute Gasteiger partial charge is 0.382 e. The molecule has 0 spiro atoms. The summed E-state index contributed by atoms with van der Waals surface area (Å²) in [6, 6.07) is 56.3. The minimum atomic E-state index is -1.30. The molecule has 6 rings (SSSR count). The fraction of sp³-hybridized carbons (Fsp3) is 0.581. The van der Waals surface area contributed by atoms with Crippen molar-refractivity contribution in [3.63, 3.8) is 0 Å². The van der Waals surface area contributed by atoms with Crippen LogP contribution in [0, 0.1) is 0 Å². The second-order valence-corrected chi connectivity index (χ2v) is 48.0. The van der Waals surface area contributed by atoms with Gasteiger partial charge < -0.3 is 33.2 Å². The summed E-state index contributed by atoms with van der Waals surface area (Å²) in [7, 11) is 5.81. The molecule has 6 aromatic carbocycles. The Hall–Kier alpha value is -3.61. The van der Waals surface area contributed by atoms with E-state index in [-0.39, 0.29) is 0 Å². The van der Waals surface area contributed by atoms with Gasteiger partial charge in [0.1, 0.15) is 0 Å². The molecule has 0 fully saturated rings. The average Bonchev–Trinajstić information content (AvgIpc) is 0.889. The monoisotopic (exact) mass is 1430 g/mol. The summed E-state index contributed by atoms with van der Waals surface area (Å²) in [5.74, 6) is 0. The van der Waals surface area contributed by atoms with E-state index in [1.807, 2.05) is 35.2 Å². The van der Waals surface area contributed by atoms with Crippen LogP contribution in [-0.4, -0.2) is 121 Å². The van der Waals surface area contributed by atoms with Crippen molar-refractivity contribution in [1.29, 1.82) is 0 Å². The Kier molecular flexibility index (Phi) is 49.1. The van der Waals surface area contributed by atoms with Gasteiger partial charge in [-0.3, -0.25) is 0 Å². The Labute approximate surface area is 605 Å². The number of hydrogen-bond acceptors (Lipinski definition) is 7. The van der Waals surface area contributed by atoms with E-state index in [1.54, 1.807) is 7.11 Å². The molecule has 550 valence electrons. The summed E-state index contributed by atoms with van der Waals surface area (Å²) in [5, 5.41) is 0. The first kappa shape index (κ1) is 90.5. The smallest absolute Gasteiger partial charge is 0.0700 e. The van der Waals surface area contributed by atoms with Crippen molar-refractivity contribution in [2.45, 2.75) is 207 Å². The summed E-state index contributed by atoms with van der Waals surface area (Å²) in [4.78, 5) is 0. The third-order valence-corrected chi connectivity index (χ3v) is 32.7. The number of hydrogen-bond donors (Lipinski definition) is 0. The third kappa shape index (κ3) is 42.1. The van der Waals surface area contributed by atoms with Crippen molar-refractivity contribution in [3.05, 3.63) is 213 Å². The number of unbranched alkanes of at least 4 members (excludes halogenated alkanes) is 9. The van der Waals surface area contributed by atoms with Crippen LogP contribution in [0.3, 0.4) is 0 Å². The van der Waals surface area contributed by atoms with Gasteiger partial charge in [0.25, 0.3) is 0 Å². The van der Waals surface area contributed by atoms with E-state index < -0.39 is 35.3 Å². The zero-order chi connectivity index (χ0) is 72.4. The number of rotatable bonds is 39. The normalized spacial score (nSPS) is 13.0. The van der Waals surface area contributed by atoms with Crippen LogP contribution in [0.25, 0.3) is 0 Å². The third-order valence-electron chi connectivity index (χ3n) is 18.6. The molecule has 0 saturated heterocycles. The van der Waals surface area contributed by atoms with E-state index in [0.29, 0.717) is 13.2 Å². The summed E-state index contributed by atoms with van der Waals surface area (Å²) >= 11 is 0. The van der Waals surface area contributed by atoms with Crippen molar-refractivity contribution < 1.29 is 9.47 Å². The Morgan fingerprint density at radius 2 is 0.551 bits per heavy atom. The van der Waals surface area contributed by atoms with Crippen molar-refractivity contribution >= 4 is 35.3 Å². The minimum Gasteiger partial charge on any atom is -0.382 e. The second-order valence-electron chi connectivity index (χ2n) is 28.7. The van der Waals surface area contributed by atoms with Crippen LogP contribution in [0.4, 0.5) is 0 Å². The number of ether oxygens (including phenoxy) is 2. The van der Waals surface area contributed by atoms with Gasteiger partial charge in [0.05, 0.1) is 13.2 Å². The fourth-order valence-electron chi connectivity index (χ4n) is 11.9. The Morgan fingerprint density at radius 1 is 0.265 bits per heavy atom. The highest BCUT2D eigenvalue weighted by atomic mass is 31.2. The second kappa shape index (κ2) is 53.2. The molecule has 0 saturated carbocycles. The molecule has 0 aliphatic rings. The summed E-state index contributed by atoms with van der Waals surface area (Å²) in [5.41, 5.74) is 15.8. The molecule has 0 radical (unpaired) electrons.